The van der Waals surface area contributed by atoms with E-state index in [4.69, 9.17) is 11.6 Å². The Morgan fingerprint density at radius 1 is 1.12 bits per heavy atom. The van der Waals surface area contributed by atoms with Crippen molar-refractivity contribution in [2.45, 2.75) is 11.3 Å². The monoisotopic (exact) mass is 486 g/mol. The lowest BCUT2D eigenvalue weighted by Crippen LogP contribution is -2.23. The highest BCUT2D eigenvalue weighted by molar-refractivity contribution is 7.89. The van der Waals surface area contributed by atoms with Crippen LogP contribution in [0.5, 0.6) is 0 Å². The van der Waals surface area contributed by atoms with Crippen LogP contribution in [0.2, 0.25) is 5.02 Å². The molecule has 0 spiro atoms. The van der Waals surface area contributed by atoms with Gasteiger partial charge in [0.1, 0.15) is 11.6 Å². The van der Waals surface area contributed by atoms with Gasteiger partial charge >= 0.3 is 0 Å². The van der Waals surface area contributed by atoms with Crippen LogP contribution in [0.15, 0.2) is 65.6 Å². The number of nitrogens with one attached hydrogen (secondary N) is 2. The molecular weight excluding hydrogens is 467 g/mol. The fourth-order valence-electron chi connectivity index (χ4n) is 3.29. The zero-order chi connectivity index (χ0) is 23.8. The molecule has 0 aliphatic carbocycles. The van der Waals surface area contributed by atoms with Gasteiger partial charge in [0.25, 0.3) is 5.91 Å². The molecule has 0 fully saturated rings. The van der Waals surface area contributed by atoms with Crippen LogP contribution in [0.4, 0.5) is 10.1 Å². The van der Waals surface area contributed by atoms with Gasteiger partial charge in [-0.05, 0) is 48.0 Å². The van der Waals surface area contributed by atoms with Crippen molar-refractivity contribution in [3.05, 3.63) is 88.5 Å². The van der Waals surface area contributed by atoms with Gasteiger partial charge in [-0.1, -0.05) is 29.8 Å². The summed E-state index contributed by atoms with van der Waals surface area (Å²) in [6, 6.07) is 15.5. The number of sulfonamides is 1. The molecule has 4 aromatic rings. The first kappa shape index (κ1) is 22.9. The number of amides is 1. The van der Waals surface area contributed by atoms with Crippen LogP contribution in [0.25, 0.3) is 11.0 Å². The van der Waals surface area contributed by atoms with E-state index in [1.165, 1.54) is 38.4 Å². The van der Waals surface area contributed by atoms with E-state index in [0.29, 0.717) is 34.5 Å². The number of nitrogens with zero attached hydrogens (tertiary/aromatic N) is 2. The van der Waals surface area contributed by atoms with Crippen molar-refractivity contribution in [1.82, 2.24) is 14.3 Å². The molecule has 1 amide bonds. The van der Waals surface area contributed by atoms with Gasteiger partial charge < -0.3 is 10.3 Å². The fourth-order valence-corrected chi connectivity index (χ4v) is 4.43. The molecule has 0 bridgehead atoms. The van der Waals surface area contributed by atoms with E-state index in [2.05, 4.69) is 15.3 Å². The summed E-state index contributed by atoms with van der Waals surface area (Å²) in [7, 11) is -0.910. The molecule has 0 unspecified atom stereocenters. The summed E-state index contributed by atoms with van der Waals surface area (Å²) in [5, 5.41) is 2.85. The van der Waals surface area contributed by atoms with Gasteiger partial charge in [0.15, 0.2) is 0 Å². The molecule has 0 aliphatic rings. The molecular formula is C23H20ClFN4O3S. The molecule has 10 heteroatoms. The summed E-state index contributed by atoms with van der Waals surface area (Å²) in [6.45, 7) is 0. The fraction of sp³-hybridized carbons (Fsp3) is 0.130. The Bertz CT molecular complexity index is 1470. The first-order valence-corrected chi connectivity index (χ1v) is 11.7. The molecule has 0 atom stereocenters. The smallest absolute Gasteiger partial charge is 0.257 e. The maximum atomic E-state index is 13.9. The lowest BCUT2D eigenvalue weighted by atomic mass is 10.1. The summed E-state index contributed by atoms with van der Waals surface area (Å²) >= 11 is 6.16. The number of aromatic amines is 1. The largest absolute Gasteiger partial charge is 0.342 e. The number of halogens is 2. The van der Waals surface area contributed by atoms with Crippen molar-refractivity contribution in [2.75, 3.05) is 19.4 Å². The van der Waals surface area contributed by atoms with Gasteiger partial charge in [0.05, 0.1) is 26.5 Å². The van der Waals surface area contributed by atoms with Crippen LogP contribution in [0.1, 0.15) is 21.7 Å². The molecule has 2 N–H and O–H groups in total. The van der Waals surface area contributed by atoms with Gasteiger partial charge in [0, 0.05) is 26.2 Å². The number of H-pyrrole nitrogens is 1. The summed E-state index contributed by atoms with van der Waals surface area (Å²) in [4.78, 5) is 20.4. The molecule has 3 aromatic carbocycles. The average Bonchev–Trinajstić information content (AvgIpc) is 3.17. The van der Waals surface area contributed by atoms with Crippen LogP contribution in [0.3, 0.4) is 0 Å². The van der Waals surface area contributed by atoms with Crippen molar-refractivity contribution in [3.63, 3.8) is 0 Å². The molecule has 0 saturated carbocycles. The second kappa shape index (κ2) is 8.93. The number of hydrogen-bond donors (Lipinski definition) is 2. The molecule has 7 nitrogen and oxygen atoms in total. The number of benzene rings is 3. The first-order chi connectivity index (χ1) is 15.6. The lowest BCUT2D eigenvalue weighted by molar-refractivity contribution is 0.102. The number of fused-ring (bicyclic) bond motifs is 1. The highest BCUT2D eigenvalue weighted by atomic mass is 35.5. The van der Waals surface area contributed by atoms with E-state index in [9.17, 15) is 17.6 Å². The van der Waals surface area contributed by atoms with E-state index >= 15 is 0 Å². The van der Waals surface area contributed by atoms with E-state index in [-0.39, 0.29) is 21.3 Å². The van der Waals surface area contributed by atoms with Crippen molar-refractivity contribution in [2.24, 2.45) is 0 Å². The summed E-state index contributed by atoms with van der Waals surface area (Å²) in [5.74, 6) is -0.272. The lowest BCUT2D eigenvalue weighted by Gasteiger charge is -2.13. The van der Waals surface area contributed by atoms with Crippen LogP contribution in [-0.4, -0.2) is 42.7 Å². The third-order valence-electron chi connectivity index (χ3n) is 5.07. The Labute approximate surface area is 195 Å². The second-order valence-corrected chi connectivity index (χ2v) is 10.1. The molecule has 4 rings (SSSR count). The number of anilines is 1. The highest BCUT2D eigenvalue weighted by Crippen LogP contribution is 2.24. The Kier molecular flexibility index (Phi) is 6.20. The molecule has 0 radical (unpaired) electrons. The third kappa shape index (κ3) is 4.75. The van der Waals surface area contributed by atoms with E-state index in [1.807, 2.05) is 0 Å². The maximum absolute atomic E-state index is 13.9. The summed E-state index contributed by atoms with van der Waals surface area (Å²) in [5.41, 5.74) is 2.34. The number of rotatable bonds is 6. The topological polar surface area (TPSA) is 95.2 Å². The number of hydrogen-bond acceptors (Lipinski definition) is 4. The minimum absolute atomic E-state index is 0.0320. The van der Waals surface area contributed by atoms with Crippen LogP contribution >= 0.6 is 11.6 Å². The summed E-state index contributed by atoms with van der Waals surface area (Å²) in [6.07, 6.45) is 0.297. The Balaban J connectivity index is 1.58. The van der Waals surface area contributed by atoms with Crippen molar-refractivity contribution < 1.29 is 17.6 Å². The zero-order valence-electron chi connectivity index (χ0n) is 17.8. The zero-order valence-corrected chi connectivity index (χ0v) is 19.3. The van der Waals surface area contributed by atoms with Crippen LogP contribution < -0.4 is 5.32 Å². The van der Waals surface area contributed by atoms with Crippen molar-refractivity contribution >= 4 is 44.3 Å². The first-order valence-electron chi connectivity index (χ1n) is 9.90. The van der Waals surface area contributed by atoms with Crippen LogP contribution in [-0.2, 0) is 16.4 Å². The quantitative estimate of drug-likeness (QED) is 0.421. The molecule has 33 heavy (non-hydrogen) atoms. The normalized spacial score (nSPS) is 11.8. The van der Waals surface area contributed by atoms with Crippen molar-refractivity contribution in [3.8, 4) is 0 Å². The van der Waals surface area contributed by atoms with E-state index in [0.717, 1.165) is 4.31 Å². The number of aromatic nitrogens is 2. The Morgan fingerprint density at radius 3 is 2.61 bits per heavy atom. The molecule has 1 heterocycles. The molecule has 0 saturated heterocycles. The predicted molar refractivity (Wildman–Crippen MR) is 126 cm³/mol. The van der Waals surface area contributed by atoms with Gasteiger partial charge in [-0.2, -0.15) is 0 Å². The van der Waals surface area contributed by atoms with Gasteiger partial charge in [-0.3, -0.25) is 4.79 Å². The SMILES string of the molecule is CN(C)S(=O)(=O)c1ccc(Cl)c(C(=O)Nc2ccc3nc(Cc4ccccc4F)[nH]c3c2)c1. The molecule has 170 valence electrons. The van der Waals surface area contributed by atoms with Crippen molar-refractivity contribution in [1.29, 1.82) is 0 Å². The predicted octanol–water partition coefficient (Wildman–Crippen LogP) is 4.45. The molecule has 1 aromatic heterocycles. The van der Waals surface area contributed by atoms with Gasteiger partial charge in [-0.25, -0.2) is 22.1 Å². The maximum Gasteiger partial charge on any atom is 0.257 e. The molecule has 0 aliphatic heterocycles. The van der Waals surface area contributed by atoms with Crippen LogP contribution in [0, 0.1) is 5.82 Å². The average molecular weight is 487 g/mol. The Morgan fingerprint density at radius 2 is 1.88 bits per heavy atom. The number of carbonyl (C=O) groups excluding carboxylic acids is 1. The second-order valence-electron chi connectivity index (χ2n) is 7.57. The Hall–Kier alpha value is -3.27. The summed E-state index contributed by atoms with van der Waals surface area (Å²) < 4.78 is 39.8. The standard InChI is InChI=1S/C23H20ClFN4O3S/c1-29(2)33(31,32)16-8-9-18(24)17(13-16)23(30)26-15-7-10-20-21(12-15)28-22(27-20)11-14-5-3-4-6-19(14)25/h3-10,12-13H,11H2,1-2H3,(H,26,30)(H,27,28). The minimum atomic E-state index is -3.72. The van der Waals surface area contributed by atoms with E-state index < -0.39 is 15.9 Å². The third-order valence-corrected chi connectivity index (χ3v) is 7.21. The van der Waals surface area contributed by atoms with E-state index in [1.54, 1.807) is 36.4 Å². The van der Waals surface area contributed by atoms with Gasteiger partial charge in [-0.15, -0.1) is 0 Å². The number of carbonyl (C=O) groups is 1. The highest BCUT2D eigenvalue weighted by Gasteiger charge is 2.21. The minimum Gasteiger partial charge on any atom is -0.342 e. The number of imidazole rings is 1. The van der Waals surface area contributed by atoms with Gasteiger partial charge in [0.2, 0.25) is 10.0 Å².